The molecule has 2 aromatic carbocycles. The first-order valence-corrected chi connectivity index (χ1v) is 7.36. The minimum atomic E-state index is -4.41. The largest absolute Gasteiger partial charge is 0.507 e. The van der Waals surface area contributed by atoms with Crippen LogP contribution in [-0.2, 0) is 6.18 Å². The lowest BCUT2D eigenvalue weighted by Crippen LogP contribution is -2.24. The normalized spacial score (nSPS) is 12.7. The highest BCUT2D eigenvalue weighted by molar-refractivity contribution is 5.90. The number of halogens is 3. The average molecular weight is 345 g/mol. The highest BCUT2D eigenvalue weighted by atomic mass is 19.4. The van der Waals surface area contributed by atoms with Gasteiger partial charge in [0.2, 0.25) is 0 Å². The van der Waals surface area contributed by atoms with Crippen molar-refractivity contribution >= 4 is 23.6 Å². The first-order chi connectivity index (χ1) is 11.7. The summed E-state index contributed by atoms with van der Waals surface area (Å²) in [7, 11) is 0. The fourth-order valence-electron chi connectivity index (χ4n) is 2.59. The highest BCUT2D eigenvalue weighted by Gasteiger charge is 2.29. The molecule has 0 fully saturated rings. The fourth-order valence-corrected chi connectivity index (χ4v) is 2.59. The molecule has 0 aliphatic carbocycles. The molecule has 3 aromatic rings. The third-order valence-corrected chi connectivity index (χ3v) is 3.92. The third kappa shape index (κ3) is 3.03. The number of rotatable bonds is 1. The number of aromatic nitrogens is 1. The van der Waals surface area contributed by atoms with E-state index in [0.717, 1.165) is 17.7 Å². The van der Waals surface area contributed by atoms with E-state index in [-0.39, 0.29) is 27.5 Å². The van der Waals surface area contributed by atoms with Crippen LogP contribution in [0.1, 0.15) is 16.7 Å². The minimum absolute atomic E-state index is 0.131. The predicted octanol–water partition coefficient (Wildman–Crippen LogP) is 3.21. The molecule has 0 radical (unpaired) electrons. The van der Waals surface area contributed by atoms with Crippen LogP contribution >= 0.6 is 0 Å². The van der Waals surface area contributed by atoms with E-state index in [1.807, 2.05) is 0 Å². The first-order valence-electron chi connectivity index (χ1n) is 7.36. The molecular weight excluding hydrogens is 331 g/mol. The summed E-state index contributed by atoms with van der Waals surface area (Å²) in [5.74, 6) is -0.306. The van der Waals surface area contributed by atoms with Crippen molar-refractivity contribution in [3.05, 3.63) is 63.7 Å². The number of phenolic OH excluding ortho intramolecular Hbond substituents is 2. The maximum Gasteiger partial charge on any atom is 0.416 e. The van der Waals surface area contributed by atoms with Gasteiger partial charge in [-0.2, -0.15) is 13.2 Å². The van der Waals surface area contributed by atoms with Crippen molar-refractivity contribution in [3.8, 4) is 11.5 Å². The topological polar surface area (TPSA) is 53.4 Å². The Balaban J connectivity index is 2.25. The monoisotopic (exact) mass is 345 g/mol. The molecule has 0 spiro atoms. The van der Waals surface area contributed by atoms with Gasteiger partial charge in [-0.3, -0.25) is 4.98 Å². The SMILES string of the molecule is C=c1c(O)c2ncc(C)cc2c(O)/c1=C/c1ccc(C(F)(F)F)cc1. The quantitative estimate of drug-likeness (QED) is 0.666. The lowest BCUT2D eigenvalue weighted by atomic mass is 10.0. The van der Waals surface area contributed by atoms with E-state index >= 15 is 0 Å². The minimum Gasteiger partial charge on any atom is -0.507 e. The molecule has 0 saturated heterocycles. The van der Waals surface area contributed by atoms with Crippen LogP contribution in [-0.4, -0.2) is 15.2 Å². The first kappa shape index (κ1) is 16.8. The van der Waals surface area contributed by atoms with Crippen LogP contribution in [0.5, 0.6) is 11.5 Å². The van der Waals surface area contributed by atoms with Crippen LogP contribution in [0.3, 0.4) is 0 Å². The van der Waals surface area contributed by atoms with Crippen molar-refractivity contribution in [3.63, 3.8) is 0 Å². The highest BCUT2D eigenvalue weighted by Crippen LogP contribution is 2.29. The molecule has 2 N–H and O–H groups in total. The van der Waals surface area contributed by atoms with Gasteiger partial charge in [0.15, 0.2) is 0 Å². The van der Waals surface area contributed by atoms with Gasteiger partial charge in [-0.25, -0.2) is 0 Å². The Labute approximate surface area is 141 Å². The number of fused-ring (bicyclic) bond motifs is 1. The van der Waals surface area contributed by atoms with Crippen molar-refractivity contribution < 1.29 is 23.4 Å². The van der Waals surface area contributed by atoms with Gasteiger partial charge in [0.05, 0.1) is 5.56 Å². The number of hydrogen-bond donors (Lipinski definition) is 2. The van der Waals surface area contributed by atoms with E-state index < -0.39 is 11.7 Å². The average Bonchev–Trinajstić information content (AvgIpc) is 2.56. The Kier molecular flexibility index (Phi) is 3.91. The summed E-state index contributed by atoms with van der Waals surface area (Å²) in [4.78, 5) is 4.10. The van der Waals surface area contributed by atoms with Crippen molar-refractivity contribution in [2.75, 3.05) is 0 Å². The lowest BCUT2D eigenvalue weighted by molar-refractivity contribution is -0.137. The van der Waals surface area contributed by atoms with Gasteiger partial charge in [0.25, 0.3) is 0 Å². The van der Waals surface area contributed by atoms with E-state index in [0.29, 0.717) is 10.9 Å². The van der Waals surface area contributed by atoms with Gasteiger partial charge >= 0.3 is 6.18 Å². The van der Waals surface area contributed by atoms with E-state index in [9.17, 15) is 23.4 Å². The zero-order valence-corrected chi connectivity index (χ0v) is 13.2. The zero-order chi connectivity index (χ0) is 18.4. The number of alkyl halides is 3. The molecular formula is C19H14F3NO2. The molecule has 128 valence electrons. The fraction of sp³-hybridized carbons (Fsp3) is 0.105. The van der Waals surface area contributed by atoms with E-state index in [1.165, 1.54) is 18.2 Å². The van der Waals surface area contributed by atoms with Crippen molar-refractivity contribution in [1.29, 1.82) is 0 Å². The summed E-state index contributed by atoms with van der Waals surface area (Å²) in [6.07, 6.45) is -1.39. The van der Waals surface area contributed by atoms with Gasteiger partial charge in [-0.05, 0) is 42.3 Å². The van der Waals surface area contributed by atoms with E-state index in [2.05, 4.69) is 11.6 Å². The summed E-state index contributed by atoms with van der Waals surface area (Å²) in [6, 6.07) is 6.16. The smallest absolute Gasteiger partial charge is 0.416 e. The Morgan fingerprint density at radius 2 is 1.72 bits per heavy atom. The third-order valence-electron chi connectivity index (χ3n) is 3.92. The molecule has 0 bridgehead atoms. The number of benzene rings is 2. The second-order valence-electron chi connectivity index (χ2n) is 5.76. The molecule has 0 unspecified atom stereocenters. The number of pyridine rings is 1. The lowest BCUT2D eigenvalue weighted by Gasteiger charge is -2.08. The Hall–Kier alpha value is -3.02. The molecule has 0 atom stereocenters. The standard InChI is InChI=1S/C19H14F3NO2/c1-10-7-15-16(23-9-10)17(24)11(2)14(18(15)25)8-12-3-5-13(6-4-12)19(20,21)22/h3-9,24-25H,2H2,1H3/b14-8+. The number of phenols is 2. The Morgan fingerprint density at radius 3 is 2.32 bits per heavy atom. The predicted molar refractivity (Wildman–Crippen MR) is 89.6 cm³/mol. The summed E-state index contributed by atoms with van der Waals surface area (Å²) >= 11 is 0. The maximum absolute atomic E-state index is 12.6. The van der Waals surface area contributed by atoms with E-state index in [4.69, 9.17) is 0 Å². The van der Waals surface area contributed by atoms with Crippen LogP contribution in [0.15, 0.2) is 36.5 Å². The van der Waals surface area contributed by atoms with Crippen LogP contribution in [0, 0.1) is 6.92 Å². The Morgan fingerprint density at radius 1 is 1.08 bits per heavy atom. The van der Waals surface area contributed by atoms with Gasteiger partial charge in [0, 0.05) is 22.0 Å². The molecule has 1 aromatic heterocycles. The van der Waals surface area contributed by atoms with Gasteiger partial charge in [0.1, 0.15) is 17.0 Å². The Bertz CT molecular complexity index is 1070. The van der Waals surface area contributed by atoms with Gasteiger partial charge < -0.3 is 10.2 Å². The summed E-state index contributed by atoms with van der Waals surface area (Å²) in [6.45, 7) is 5.54. The number of nitrogens with zero attached hydrogens (tertiary/aromatic N) is 1. The van der Waals surface area contributed by atoms with Crippen molar-refractivity contribution in [1.82, 2.24) is 4.98 Å². The van der Waals surface area contributed by atoms with Gasteiger partial charge in [-0.15, -0.1) is 0 Å². The molecule has 6 heteroatoms. The molecule has 0 aliphatic rings. The van der Waals surface area contributed by atoms with Crippen LogP contribution in [0.4, 0.5) is 13.2 Å². The van der Waals surface area contributed by atoms with E-state index in [1.54, 1.807) is 19.2 Å². The molecule has 1 heterocycles. The summed E-state index contributed by atoms with van der Waals surface area (Å²) in [5.41, 5.74) is 0.689. The molecule has 3 rings (SSSR count). The molecule has 0 aliphatic heterocycles. The molecule has 0 amide bonds. The zero-order valence-electron chi connectivity index (χ0n) is 13.2. The number of aryl methyl sites for hydroxylation is 1. The second kappa shape index (κ2) is 5.81. The van der Waals surface area contributed by atoms with Crippen molar-refractivity contribution in [2.24, 2.45) is 0 Å². The van der Waals surface area contributed by atoms with Crippen LogP contribution in [0.25, 0.3) is 23.6 Å². The molecule has 0 saturated carbocycles. The maximum atomic E-state index is 12.6. The number of hydrogen-bond acceptors (Lipinski definition) is 3. The number of aromatic hydroxyl groups is 2. The van der Waals surface area contributed by atoms with Crippen LogP contribution < -0.4 is 10.4 Å². The summed E-state index contributed by atoms with van der Waals surface area (Å²) in [5, 5.41) is 21.5. The van der Waals surface area contributed by atoms with Gasteiger partial charge in [-0.1, -0.05) is 18.7 Å². The van der Waals surface area contributed by atoms with Crippen LogP contribution in [0.2, 0.25) is 0 Å². The molecule has 3 nitrogen and oxygen atoms in total. The summed E-state index contributed by atoms with van der Waals surface area (Å²) < 4.78 is 37.9. The molecule has 25 heavy (non-hydrogen) atoms. The second-order valence-corrected chi connectivity index (χ2v) is 5.76. The van der Waals surface area contributed by atoms with Crippen molar-refractivity contribution in [2.45, 2.75) is 13.1 Å².